The van der Waals surface area contributed by atoms with Crippen LogP contribution in [-0.2, 0) is 0 Å². The van der Waals surface area contributed by atoms with E-state index in [0.29, 0.717) is 9.34 Å². The molecule has 0 radical (unpaired) electrons. The van der Waals surface area contributed by atoms with Gasteiger partial charge in [-0.2, -0.15) is 0 Å². The first-order valence-electron chi connectivity index (χ1n) is 4.93. The van der Waals surface area contributed by atoms with Gasteiger partial charge in [-0.25, -0.2) is 9.37 Å². The van der Waals surface area contributed by atoms with Crippen LogP contribution in [0.25, 0.3) is 0 Å². The van der Waals surface area contributed by atoms with Crippen LogP contribution < -0.4 is 5.32 Å². The number of hydrogen-bond donors (Lipinski definition) is 2. The van der Waals surface area contributed by atoms with Crippen LogP contribution in [0.3, 0.4) is 0 Å². The number of aliphatic hydroxyl groups is 1. The zero-order chi connectivity index (χ0) is 12.3. The molecule has 0 fully saturated rings. The number of nitrogens with zero attached hydrogens (tertiary/aromatic N) is 1. The summed E-state index contributed by atoms with van der Waals surface area (Å²) in [5.41, 5.74) is 0.719. The highest BCUT2D eigenvalue weighted by atomic mass is 35.5. The molecule has 2 N–H and O–H groups in total. The third kappa shape index (κ3) is 3.15. The fourth-order valence-corrected chi connectivity index (χ4v) is 2.33. The molecule has 3 nitrogen and oxygen atoms in total. The molecule has 1 atom stereocenters. The van der Waals surface area contributed by atoms with E-state index in [1.807, 2.05) is 0 Å². The molecule has 0 spiro atoms. The van der Waals surface area contributed by atoms with Crippen molar-refractivity contribution in [3.63, 3.8) is 0 Å². The van der Waals surface area contributed by atoms with E-state index in [4.69, 9.17) is 11.6 Å². The molecule has 0 aliphatic rings. The molecule has 0 saturated carbocycles. The predicted octanol–water partition coefficient (Wildman–Crippen LogP) is 3.08. The molecule has 6 heteroatoms. The SMILES string of the molecule is OCC(Nc1ccc(F)cc1)c1ncc(Cl)s1. The first kappa shape index (κ1) is 12.3. The van der Waals surface area contributed by atoms with Gasteiger partial charge in [-0.3, -0.25) is 0 Å². The molecule has 2 aromatic rings. The van der Waals surface area contributed by atoms with E-state index < -0.39 is 0 Å². The van der Waals surface area contributed by atoms with Crippen molar-refractivity contribution in [1.82, 2.24) is 4.98 Å². The number of rotatable bonds is 4. The van der Waals surface area contributed by atoms with Crippen LogP contribution in [0.2, 0.25) is 4.34 Å². The summed E-state index contributed by atoms with van der Waals surface area (Å²) in [6.45, 7) is -0.110. The molecule has 0 aliphatic heterocycles. The summed E-state index contributed by atoms with van der Waals surface area (Å²) in [4.78, 5) is 4.09. The maximum Gasteiger partial charge on any atom is 0.123 e. The minimum absolute atomic E-state index is 0.110. The maximum atomic E-state index is 12.7. The molecule has 1 unspecified atom stereocenters. The summed E-state index contributed by atoms with van der Waals surface area (Å²) in [6, 6.07) is 5.58. The van der Waals surface area contributed by atoms with Gasteiger partial charge in [-0.1, -0.05) is 11.6 Å². The van der Waals surface area contributed by atoms with E-state index in [1.165, 1.54) is 29.7 Å². The van der Waals surface area contributed by atoms with Gasteiger partial charge in [0.2, 0.25) is 0 Å². The highest BCUT2D eigenvalue weighted by Gasteiger charge is 2.14. The van der Waals surface area contributed by atoms with E-state index in [9.17, 15) is 9.50 Å². The molecule has 0 aliphatic carbocycles. The quantitative estimate of drug-likeness (QED) is 0.899. The van der Waals surface area contributed by atoms with Crippen molar-refractivity contribution in [1.29, 1.82) is 0 Å². The molecule has 17 heavy (non-hydrogen) atoms. The van der Waals surface area contributed by atoms with Crippen LogP contribution in [0.1, 0.15) is 11.0 Å². The number of hydrogen-bond acceptors (Lipinski definition) is 4. The molecule has 0 saturated heterocycles. The Balaban J connectivity index is 2.12. The second-order valence-electron chi connectivity index (χ2n) is 3.39. The lowest BCUT2D eigenvalue weighted by atomic mass is 10.2. The molecule has 2 rings (SSSR count). The van der Waals surface area contributed by atoms with Gasteiger partial charge in [0, 0.05) is 5.69 Å². The zero-order valence-corrected chi connectivity index (χ0v) is 10.3. The molecule has 1 heterocycles. The largest absolute Gasteiger partial charge is 0.394 e. The second-order valence-corrected chi connectivity index (χ2v) is 5.08. The summed E-state index contributed by atoms with van der Waals surface area (Å²) < 4.78 is 13.3. The third-order valence-corrected chi connectivity index (χ3v) is 3.39. The van der Waals surface area contributed by atoms with Gasteiger partial charge < -0.3 is 10.4 Å². The lowest BCUT2D eigenvalue weighted by Gasteiger charge is -2.14. The number of aromatic nitrogens is 1. The minimum atomic E-state index is -0.335. The highest BCUT2D eigenvalue weighted by molar-refractivity contribution is 7.15. The number of thiazole rings is 1. The lowest BCUT2D eigenvalue weighted by Crippen LogP contribution is -2.14. The number of halogens is 2. The van der Waals surface area contributed by atoms with Gasteiger partial charge >= 0.3 is 0 Å². The Bertz CT molecular complexity index is 488. The van der Waals surface area contributed by atoms with Crippen LogP contribution >= 0.6 is 22.9 Å². The molecule has 90 valence electrons. The Hall–Kier alpha value is -1.17. The van der Waals surface area contributed by atoms with Gasteiger partial charge in [-0.15, -0.1) is 11.3 Å². The van der Waals surface area contributed by atoms with Crippen LogP contribution in [0.15, 0.2) is 30.5 Å². The Morgan fingerprint density at radius 2 is 2.12 bits per heavy atom. The number of anilines is 1. The van der Waals surface area contributed by atoms with Crippen LogP contribution in [0, 0.1) is 5.82 Å². The van der Waals surface area contributed by atoms with Crippen molar-refractivity contribution in [3.05, 3.63) is 45.6 Å². The molecular formula is C11H10ClFN2OS. The second kappa shape index (κ2) is 5.44. The zero-order valence-electron chi connectivity index (χ0n) is 8.73. The monoisotopic (exact) mass is 272 g/mol. The molecule has 1 aromatic heterocycles. The van der Waals surface area contributed by atoms with Gasteiger partial charge in [-0.05, 0) is 24.3 Å². The number of benzene rings is 1. The van der Waals surface area contributed by atoms with Crippen molar-refractivity contribution >= 4 is 28.6 Å². The van der Waals surface area contributed by atoms with Crippen LogP contribution in [0.4, 0.5) is 10.1 Å². The summed E-state index contributed by atoms with van der Waals surface area (Å²) in [5, 5.41) is 13.0. The summed E-state index contributed by atoms with van der Waals surface area (Å²) >= 11 is 7.08. The Kier molecular flexibility index (Phi) is 3.93. The number of nitrogens with one attached hydrogen (secondary N) is 1. The lowest BCUT2D eigenvalue weighted by molar-refractivity contribution is 0.276. The van der Waals surface area contributed by atoms with Gasteiger partial charge in [0.05, 0.1) is 12.8 Å². The van der Waals surface area contributed by atoms with Gasteiger partial charge in [0.1, 0.15) is 21.2 Å². The van der Waals surface area contributed by atoms with Crippen LogP contribution in [0.5, 0.6) is 0 Å². The Morgan fingerprint density at radius 1 is 1.41 bits per heavy atom. The van der Waals surface area contributed by atoms with Crippen LogP contribution in [-0.4, -0.2) is 16.7 Å². The topological polar surface area (TPSA) is 45.1 Å². The normalized spacial score (nSPS) is 12.4. The summed E-state index contributed by atoms with van der Waals surface area (Å²) in [5.74, 6) is -0.298. The molecule has 1 aromatic carbocycles. The van der Waals surface area contributed by atoms with E-state index in [-0.39, 0.29) is 18.5 Å². The smallest absolute Gasteiger partial charge is 0.123 e. The average Bonchev–Trinajstić information content (AvgIpc) is 2.75. The van der Waals surface area contributed by atoms with E-state index >= 15 is 0 Å². The Labute approximate surface area is 107 Å². The first-order valence-corrected chi connectivity index (χ1v) is 6.12. The highest BCUT2D eigenvalue weighted by Crippen LogP contribution is 2.26. The third-order valence-electron chi connectivity index (χ3n) is 2.16. The van der Waals surface area contributed by atoms with Crippen molar-refractivity contribution in [2.24, 2.45) is 0 Å². The Morgan fingerprint density at radius 3 is 2.65 bits per heavy atom. The summed E-state index contributed by atoms with van der Waals surface area (Å²) in [7, 11) is 0. The fourth-order valence-electron chi connectivity index (χ4n) is 1.36. The van der Waals surface area contributed by atoms with Gasteiger partial charge in [0.15, 0.2) is 0 Å². The molecule has 0 amide bonds. The van der Waals surface area contributed by atoms with Gasteiger partial charge in [0.25, 0.3) is 0 Å². The van der Waals surface area contributed by atoms with E-state index in [2.05, 4.69) is 10.3 Å². The minimum Gasteiger partial charge on any atom is -0.394 e. The molecular weight excluding hydrogens is 263 g/mol. The molecule has 0 bridgehead atoms. The summed E-state index contributed by atoms with van der Waals surface area (Å²) in [6.07, 6.45) is 1.54. The average molecular weight is 273 g/mol. The van der Waals surface area contributed by atoms with Crippen molar-refractivity contribution < 1.29 is 9.50 Å². The van der Waals surface area contributed by atoms with Crippen molar-refractivity contribution in [2.75, 3.05) is 11.9 Å². The standard InChI is InChI=1S/C11H10ClFN2OS/c12-10-5-14-11(17-10)9(6-16)15-8-3-1-7(13)2-4-8/h1-5,9,15-16H,6H2. The first-order chi connectivity index (χ1) is 8.19. The fraction of sp³-hybridized carbons (Fsp3) is 0.182. The van der Waals surface area contributed by atoms with E-state index in [1.54, 1.807) is 12.1 Å². The van der Waals surface area contributed by atoms with Crippen molar-refractivity contribution in [3.8, 4) is 0 Å². The van der Waals surface area contributed by atoms with E-state index in [0.717, 1.165) is 5.69 Å². The predicted molar refractivity (Wildman–Crippen MR) is 67.0 cm³/mol. The maximum absolute atomic E-state index is 12.7. The number of aliphatic hydroxyl groups excluding tert-OH is 1. The van der Waals surface area contributed by atoms with Crippen molar-refractivity contribution in [2.45, 2.75) is 6.04 Å².